The van der Waals surface area contributed by atoms with Crippen LogP contribution in [0.1, 0.15) is 31.2 Å². The van der Waals surface area contributed by atoms with Gasteiger partial charge in [-0.15, -0.1) is 0 Å². The zero-order valence-electron chi connectivity index (χ0n) is 13.6. The van der Waals surface area contributed by atoms with Crippen LogP contribution in [0.3, 0.4) is 0 Å². The highest BCUT2D eigenvalue weighted by atomic mass is 19.1. The Balaban J connectivity index is 1.57. The van der Waals surface area contributed by atoms with Crippen LogP contribution < -0.4 is 0 Å². The summed E-state index contributed by atoms with van der Waals surface area (Å²) >= 11 is 0. The number of hydrogen-bond donors (Lipinski definition) is 0. The summed E-state index contributed by atoms with van der Waals surface area (Å²) < 4.78 is 25.2. The first-order chi connectivity index (χ1) is 11.1. The van der Waals surface area contributed by atoms with E-state index in [9.17, 15) is 9.18 Å². The van der Waals surface area contributed by atoms with E-state index in [0.717, 1.165) is 25.9 Å². The highest BCUT2D eigenvalue weighted by Gasteiger charge is 2.47. The Bertz CT molecular complexity index is 557. The Kier molecular flexibility index (Phi) is 4.97. The number of ether oxygens (including phenoxy) is 2. The molecule has 126 valence electrons. The largest absolute Gasteiger partial charge is 0.377 e. The molecule has 0 aromatic heterocycles. The third-order valence-electron chi connectivity index (χ3n) is 5.11. The van der Waals surface area contributed by atoms with Crippen molar-refractivity contribution in [1.29, 1.82) is 0 Å². The van der Waals surface area contributed by atoms with Crippen LogP contribution >= 0.6 is 0 Å². The fourth-order valence-electron chi connectivity index (χ4n) is 3.73. The summed E-state index contributed by atoms with van der Waals surface area (Å²) in [6.07, 6.45) is 3.56. The van der Waals surface area contributed by atoms with E-state index in [4.69, 9.17) is 9.47 Å². The van der Waals surface area contributed by atoms with Crippen LogP contribution in [0.4, 0.5) is 4.39 Å². The van der Waals surface area contributed by atoms with Crippen LogP contribution in [0.2, 0.25) is 0 Å². The second-order valence-electron chi connectivity index (χ2n) is 6.42. The maximum atomic E-state index is 13.6. The minimum atomic E-state index is -0.243. The van der Waals surface area contributed by atoms with Crippen LogP contribution in [0.25, 0.3) is 0 Å². The van der Waals surface area contributed by atoms with E-state index >= 15 is 0 Å². The second-order valence-corrected chi connectivity index (χ2v) is 6.42. The molecule has 4 nitrogen and oxygen atoms in total. The molecule has 2 heterocycles. The van der Waals surface area contributed by atoms with E-state index in [1.54, 1.807) is 25.3 Å². The topological polar surface area (TPSA) is 38.8 Å². The molecule has 2 aliphatic rings. The van der Waals surface area contributed by atoms with Gasteiger partial charge in [-0.3, -0.25) is 4.79 Å². The molecule has 2 atom stereocenters. The van der Waals surface area contributed by atoms with E-state index in [2.05, 4.69) is 0 Å². The normalized spacial score (nSPS) is 27.6. The zero-order valence-corrected chi connectivity index (χ0v) is 13.6. The number of halogens is 1. The lowest BCUT2D eigenvalue weighted by molar-refractivity contribution is -0.158. The highest BCUT2D eigenvalue weighted by molar-refractivity contribution is 5.76. The summed E-state index contributed by atoms with van der Waals surface area (Å²) in [5, 5.41) is 0. The molecular weight excluding hydrogens is 297 g/mol. The van der Waals surface area contributed by atoms with E-state index in [1.165, 1.54) is 6.07 Å². The predicted molar refractivity (Wildman–Crippen MR) is 84.6 cm³/mol. The fraction of sp³-hybridized carbons (Fsp3) is 0.611. The first-order valence-electron chi connectivity index (χ1n) is 8.32. The molecule has 2 fully saturated rings. The standard InChI is InChI=1S/C18H24FNO3/c1-22-16-13-20(11-10-18(16)9-4-12-23-18)17(21)8-7-14-5-2-3-6-15(14)19/h2-3,5-6,16H,4,7-13H2,1H3/t16-,18-/m0/s1. The van der Waals surface area contributed by atoms with Crippen molar-refractivity contribution in [2.24, 2.45) is 0 Å². The van der Waals surface area contributed by atoms with E-state index < -0.39 is 0 Å². The summed E-state index contributed by atoms with van der Waals surface area (Å²) in [6.45, 7) is 2.03. The lowest BCUT2D eigenvalue weighted by Gasteiger charge is -2.44. The smallest absolute Gasteiger partial charge is 0.222 e. The number of rotatable bonds is 4. The summed E-state index contributed by atoms with van der Waals surface area (Å²) in [7, 11) is 1.68. The van der Waals surface area contributed by atoms with Gasteiger partial charge in [-0.2, -0.15) is 0 Å². The molecule has 3 rings (SSSR count). The molecule has 2 aliphatic heterocycles. The van der Waals surface area contributed by atoms with Gasteiger partial charge in [0, 0.05) is 33.2 Å². The van der Waals surface area contributed by atoms with Crippen LogP contribution in [0, 0.1) is 5.82 Å². The Labute approximate surface area is 136 Å². The van der Waals surface area contributed by atoms with Gasteiger partial charge in [0.2, 0.25) is 5.91 Å². The molecule has 2 saturated heterocycles. The Morgan fingerprint density at radius 3 is 2.96 bits per heavy atom. The van der Waals surface area contributed by atoms with Gasteiger partial charge < -0.3 is 14.4 Å². The minimum absolute atomic E-state index is 0.0585. The number of aryl methyl sites for hydroxylation is 1. The van der Waals surface area contributed by atoms with Gasteiger partial charge in [-0.05, 0) is 37.3 Å². The molecule has 0 N–H and O–H groups in total. The summed E-state index contributed by atoms with van der Waals surface area (Å²) in [4.78, 5) is 14.3. The molecule has 0 bridgehead atoms. The molecule has 1 aromatic rings. The zero-order chi connectivity index (χ0) is 16.3. The van der Waals surface area contributed by atoms with Crippen LogP contribution in [-0.4, -0.2) is 49.3 Å². The molecule has 23 heavy (non-hydrogen) atoms. The number of hydrogen-bond acceptors (Lipinski definition) is 3. The van der Waals surface area contributed by atoms with Crippen molar-refractivity contribution < 1.29 is 18.7 Å². The number of benzene rings is 1. The molecule has 0 aliphatic carbocycles. The number of carbonyl (C=O) groups is 1. The quantitative estimate of drug-likeness (QED) is 0.855. The Hall–Kier alpha value is -1.46. The van der Waals surface area contributed by atoms with Gasteiger partial charge in [0.05, 0.1) is 5.60 Å². The van der Waals surface area contributed by atoms with Crippen molar-refractivity contribution in [3.05, 3.63) is 35.6 Å². The maximum Gasteiger partial charge on any atom is 0.222 e. The van der Waals surface area contributed by atoms with Crippen LogP contribution in [0.5, 0.6) is 0 Å². The number of methoxy groups -OCH3 is 1. The van der Waals surface area contributed by atoms with Gasteiger partial charge in [0.1, 0.15) is 11.9 Å². The monoisotopic (exact) mass is 321 g/mol. The maximum absolute atomic E-state index is 13.6. The molecule has 1 spiro atoms. The number of carbonyl (C=O) groups excluding carboxylic acids is 1. The van der Waals surface area contributed by atoms with Crippen molar-refractivity contribution >= 4 is 5.91 Å². The lowest BCUT2D eigenvalue weighted by atomic mass is 9.85. The molecule has 0 radical (unpaired) electrons. The highest BCUT2D eigenvalue weighted by Crippen LogP contribution is 2.37. The van der Waals surface area contributed by atoms with Crippen LogP contribution in [-0.2, 0) is 20.7 Å². The second kappa shape index (κ2) is 6.97. The van der Waals surface area contributed by atoms with Gasteiger partial charge >= 0.3 is 0 Å². The van der Waals surface area contributed by atoms with Crippen molar-refractivity contribution in [2.75, 3.05) is 26.8 Å². The fourth-order valence-corrected chi connectivity index (χ4v) is 3.73. The summed E-state index contributed by atoms with van der Waals surface area (Å²) in [5.41, 5.74) is 0.383. The number of piperidine rings is 1. The molecule has 0 saturated carbocycles. The first-order valence-corrected chi connectivity index (χ1v) is 8.32. The lowest BCUT2D eigenvalue weighted by Crippen LogP contribution is -2.57. The first kappa shape index (κ1) is 16.4. The van der Waals surface area contributed by atoms with Gasteiger partial charge in [0.15, 0.2) is 0 Å². The molecule has 0 unspecified atom stereocenters. The average Bonchev–Trinajstić information content (AvgIpc) is 3.03. The third-order valence-corrected chi connectivity index (χ3v) is 5.11. The van der Waals surface area contributed by atoms with Gasteiger partial charge in [-0.1, -0.05) is 18.2 Å². The van der Waals surface area contributed by atoms with E-state index in [0.29, 0.717) is 31.5 Å². The number of amides is 1. The van der Waals surface area contributed by atoms with Crippen LogP contribution in [0.15, 0.2) is 24.3 Å². The molecule has 5 heteroatoms. The molecular formula is C18H24FNO3. The van der Waals surface area contributed by atoms with Gasteiger partial charge in [-0.25, -0.2) is 4.39 Å². The number of nitrogens with zero attached hydrogens (tertiary/aromatic N) is 1. The SMILES string of the molecule is CO[C@H]1CN(C(=O)CCc2ccccc2F)CC[C@@]12CCCO2. The molecule has 1 amide bonds. The Morgan fingerprint density at radius 1 is 1.43 bits per heavy atom. The Morgan fingerprint density at radius 2 is 2.26 bits per heavy atom. The minimum Gasteiger partial charge on any atom is -0.377 e. The van der Waals surface area contributed by atoms with E-state index in [-0.39, 0.29) is 23.4 Å². The molecule has 1 aromatic carbocycles. The van der Waals surface area contributed by atoms with Crippen molar-refractivity contribution in [3.63, 3.8) is 0 Å². The van der Waals surface area contributed by atoms with Crippen molar-refractivity contribution in [2.45, 2.75) is 43.8 Å². The summed E-state index contributed by atoms with van der Waals surface area (Å²) in [6, 6.07) is 6.63. The van der Waals surface area contributed by atoms with Crippen molar-refractivity contribution in [3.8, 4) is 0 Å². The number of likely N-dealkylation sites (tertiary alicyclic amines) is 1. The van der Waals surface area contributed by atoms with Gasteiger partial charge in [0.25, 0.3) is 0 Å². The average molecular weight is 321 g/mol. The summed E-state index contributed by atoms with van der Waals surface area (Å²) in [5.74, 6) is -0.185. The van der Waals surface area contributed by atoms with Crippen molar-refractivity contribution in [1.82, 2.24) is 4.90 Å². The third kappa shape index (κ3) is 3.40. The van der Waals surface area contributed by atoms with E-state index in [1.807, 2.05) is 4.90 Å². The predicted octanol–water partition coefficient (Wildman–Crippen LogP) is 2.55.